The van der Waals surface area contributed by atoms with Crippen LogP contribution in [0.1, 0.15) is 11.1 Å². The van der Waals surface area contributed by atoms with Crippen LogP contribution in [0.15, 0.2) is 60.7 Å². The Morgan fingerprint density at radius 2 is 1.54 bits per heavy atom. The highest BCUT2D eigenvalue weighted by molar-refractivity contribution is 6.70. The van der Waals surface area contributed by atoms with Crippen LogP contribution in [0.25, 0.3) is 10.8 Å². The van der Waals surface area contributed by atoms with E-state index in [-0.39, 0.29) is 6.42 Å². The van der Waals surface area contributed by atoms with Crippen molar-refractivity contribution in [2.75, 3.05) is 19.0 Å². The van der Waals surface area contributed by atoms with Gasteiger partial charge < -0.3 is 15.1 Å². The molecule has 0 aliphatic heterocycles. The van der Waals surface area contributed by atoms with Gasteiger partial charge in [0.05, 0.1) is 0 Å². The number of hydrogen-bond acceptors (Lipinski definition) is 3. The van der Waals surface area contributed by atoms with Crippen LogP contribution in [0.4, 0.5) is 5.69 Å². The molecular weight excluding hydrogens is 321 g/mol. The smallest absolute Gasteiger partial charge is 0.194 e. The van der Waals surface area contributed by atoms with E-state index in [2.05, 4.69) is 25.8 Å². The minimum Gasteiger partial charge on any atom is -0.377 e. The molecule has 3 aromatic carbocycles. The lowest BCUT2D eigenvalue weighted by molar-refractivity contribution is -0.166. The van der Waals surface area contributed by atoms with Crippen molar-refractivity contribution in [2.45, 2.75) is 25.9 Å². The van der Waals surface area contributed by atoms with Crippen molar-refractivity contribution < 1.29 is 10.2 Å². The average molecular weight is 347 g/mol. The van der Waals surface area contributed by atoms with Crippen LogP contribution in [-0.2, 0) is 12.2 Å². The van der Waals surface area contributed by atoms with Crippen molar-refractivity contribution in [1.82, 2.24) is 0 Å². The summed E-state index contributed by atoms with van der Waals surface area (Å²) in [6.45, 7) is 4.68. The molecule has 134 valence electrons. The van der Waals surface area contributed by atoms with Crippen molar-refractivity contribution in [3.63, 3.8) is 0 Å². The van der Waals surface area contributed by atoms with Crippen LogP contribution in [0, 0.1) is 0 Å². The normalized spacial score (nSPS) is 11.6. The lowest BCUT2D eigenvalue weighted by atomic mass is 9.49. The van der Waals surface area contributed by atoms with E-state index in [0.29, 0.717) is 12.3 Å². The first kappa shape index (κ1) is 18.5. The molecule has 0 aromatic heterocycles. The van der Waals surface area contributed by atoms with Crippen LogP contribution in [-0.4, -0.2) is 31.0 Å². The third-order valence-corrected chi connectivity index (χ3v) is 4.88. The van der Waals surface area contributed by atoms with Gasteiger partial charge in [0.25, 0.3) is 0 Å². The minimum atomic E-state index is -1.93. The highest BCUT2D eigenvalue weighted by Gasteiger charge is 2.28. The molecule has 0 aliphatic carbocycles. The second-order valence-corrected chi connectivity index (χ2v) is 7.47. The molecular formula is C22H26BNO2. The first-order valence-corrected chi connectivity index (χ1v) is 9.03. The van der Waals surface area contributed by atoms with Gasteiger partial charge in [0.1, 0.15) is 0 Å². The monoisotopic (exact) mass is 347 g/mol. The predicted molar refractivity (Wildman–Crippen MR) is 112 cm³/mol. The molecule has 0 bridgehead atoms. The van der Waals surface area contributed by atoms with Crippen LogP contribution in [0.3, 0.4) is 0 Å². The summed E-state index contributed by atoms with van der Waals surface area (Å²) >= 11 is 0. The molecule has 0 heterocycles. The molecule has 0 spiro atoms. The Balaban J connectivity index is 2.05. The lowest BCUT2D eigenvalue weighted by Gasteiger charge is -2.25. The third-order valence-electron chi connectivity index (χ3n) is 4.88. The largest absolute Gasteiger partial charge is 0.377 e. The fourth-order valence-corrected chi connectivity index (χ4v) is 3.47. The fourth-order valence-electron chi connectivity index (χ4n) is 3.47. The molecule has 3 rings (SSSR count). The topological polar surface area (TPSA) is 43.7 Å². The predicted octanol–water partition coefficient (Wildman–Crippen LogP) is 3.25. The van der Waals surface area contributed by atoms with Gasteiger partial charge in [-0.05, 0) is 17.0 Å². The van der Waals surface area contributed by atoms with Gasteiger partial charge in [0, 0.05) is 37.2 Å². The second-order valence-electron chi connectivity index (χ2n) is 7.47. The molecule has 0 atom stereocenters. The summed E-state index contributed by atoms with van der Waals surface area (Å²) in [4.78, 5) is 2.04. The highest BCUT2D eigenvalue weighted by Crippen LogP contribution is 2.33. The summed E-state index contributed by atoms with van der Waals surface area (Å²) < 4.78 is 0. The van der Waals surface area contributed by atoms with Gasteiger partial charge in [-0.1, -0.05) is 73.7 Å². The van der Waals surface area contributed by atoms with E-state index in [1.54, 1.807) is 6.07 Å². The molecule has 0 aliphatic rings. The fraction of sp³-hybridized carbons (Fsp3) is 0.273. The van der Waals surface area contributed by atoms with Crippen LogP contribution in [0.2, 0.25) is 13.6 Å². The van der Waals surface area contributed by atoms with Crippen molar-refractivity contribution in [1.29, 1.82) is 0 Å². The Morgan fingerprint density at radius 3 is 2.23 bits per heavy atom. The SMILES string of the molecule is CB(C)c1cccc(CC(O)(O)c2cccc3c(N(C)C)cccc23)c1. The standard InChI is InChI=1S/C22H26BNO2/c1-23(2)17-9-5-8-16(14-17)15-22(25,26)20-12-6-11-19-18(20)10-7-13-21(19)24(3)4/h5-14,25-26H,15H2,1-4H3. The molecule has 0 unspecified atom stereocenters. The molecule has 0 radical (unpaired) electrons. The molecule has 0 amide bonds. The Bertz CT molecular complexity index is 919. The van der Waals surface area contributed by atoms with Crippen molar-refractivity contribution in [3.05, 3.63) is 71.8 Å². The molecule has 0 saturated heterocycles. The quantitative estimate of drug-likeness (QED) is 0.550. The van der Waals surface area contributed by atoms with E-state index >= 15 is 0 Å². The summed E-state index contributed by atoms with van der Waals surface area (Å²) in [7, 11) is 3.98. The number of rotatable bonds is 5. The van der Waals surface area contributed by atoms with E-state index in [9.17, 15) is 10.2 Å². The van der Waals surface area contributed by atoms with Gasteiger partial charge in [0.15, 0.2) is 12.5 Å². The summed E-state index contributed by atoms with van der Waals surface area (Å²) in [6, 6.07) is 19.7. The lowest BCUT2D eigenvalue weighted by Crippen LogP contribution is -2.30. The van der Waals surface area contributed by atoms with Gasteiger partial charge in [-0.3, -0.25) is 0 Å². The number of anilines is 1. The number of fused-ring (bicyclic) bond motifs is 1. The van der Waals surface area contributed by atoms with Crippen molar-refractivity contribution in [3.8, 4) is 0 Å². The first-order valence-electron chi connectivity index (χ1n) is 9.03. The highest BCUT2D eigenvalue weighted by atomic mass is 16.5. The summed E-state index contributed by atoms with van der Waals surface area (Å²) in [6.07, 6.45) is 0.152. The number of hydrogen-bond donors (Lipinski definition) is 2. The van der Waals surface area contributed by atoms with E-state index < -0.39 is 5.79 Å². The maximum Gasteiger partial charge on any atom is 0.194 e. The van der Waals surface area contributed by atoms with E-state index in [0.717, 1.165) is 22.0 Å². The minimum absolute atomic E-state index is 0.152. The Hall–Kier alpha value is -2.30. The van der Waals surface area contributed by atoms with Gasteiger partial charge >= 0.3 is 0 Å². The summed E-state index contributed by atoms with van der Waals surface area (Å²) in [5.74, 6) is -1.93. The molecule has 0 fully saturated rings. The molecule has 26 heavy (non-hydrogen) atoms. The van der Waals surface area contributed by atoms with E-state index in [1.165, 1.54) is 5.46 Å². The van der Waals surface area contributed by atoms with Gasteiger partial charge in [-0.2, -0.15) is 0 Å². The maximum atomic E-state index is 10.9. The molecule has 2 N–H and O–H groups in total. The Morgan fingerprint density at radius 1 is 0.885 bits per heavy atom. The zero-order valence-corrected chi connectivity index (χ0v) is 15.9. The molecule has 4 heteroatoms. The van der Waals surface area contributed by atoms with Crippen molar-refractivity contribution in [2.24, 2.45) is 0 Å². The van der Waals surface area contributed by atoms with Gasteiger partial charge in [0.2, 0.25) is 0 Å². The molecule has 3 nitrogen and oxygen atoms in total. The number of nitrogens with zero attached hydrogens (tertiary/aromatic N) is 1. The maximum absolute atomic E-state index is 10.9. The van der Waals surface area contributed by atoms with Crippen LogP contribution >= 0.6 is 0 Å². The van der Waals surface area contributed by atoms with Crippen LogP contribution in [0.5, 0.6) is 0 Å². The Labute approximate surface area is 156 Å². The van der Waals surface area contributed by atoms with Gasteiger partial charge in [-0.25, -0.2) is 0 Å². The Kier molecular flexibility index (Phi) is 5.08. The summed E-state index contributed by atoms with van der Waals surface area (Å²) in [5.41, 5.74) is 3.71. The zero-order chi connectivity index (χ0) is 18.9. The number of benzene rings is 3. The molecule has 3 aromatic rings. The zero-order valence-electron chi connectivity index (χ0n) is 15.9. The third kappa shape index (κ3) is 3.62. The molecule has 0 saturated carbocycles. The van der Waals surface area contributed by atoms with Crippen LogP contribution < -0.4 is 10.4 Å². The number of aliphatic hydroxyl groups is 2. The van der Waals surface area contributed by atoms with E-state index in [1.807, 2.05) is 61.5 Å². The van der Waals surface area contributed by atoms with Crippen molar-refractivity contribution >= 4 is 28.6 Å². The van der Waals surface area contributed by atoms with E-state index in [4.69, 9.17) is 0 Å². The average Bonchev–Trinajstić information content (AvgIpc) is 2.60. The second kappa shape index (κ2) is 7.14. The first-order chi connectivity index (χ1) is 12.3. The van der Waals surface area contributed by atoms with Gasteiger partial charge in [-0.15, -0.1) is 0 Å². The summed E-state index contributed by atoms with van der Waals surface area (Å²) in [5, 5.41) is 23.8.